The first kappa shape index (κ1) is 12.5. The summed E-state index contributed by atoms with van der Waals surface area (Å²) in [6, 6.07) is 10.3. The van der Waals surface area contributed by atoms with Gasteiger partial charge < -0.3 is 11.1 Å². The second-order valence-corrected chi connectivity index (χ2v) is 4.15. The van der Waals surface area contributed by atoms with Gasteiger partial charge in [0.15, 0.2) is 0 Å². The Morgan fingerprint density at radius 1 is 1.28 bits per heavy atom. The molecule has 0 aliphatic rings. The van der Waals surface area contributed by atoms with Crippen LogP contribution in [0.3, 0.4) is 0 Å². The standard InChI is InChI=1S/C14H16FN3/c1-10-6-7-11(9-17-10)14(8-16)18-13-5-3-2-4-12(13)15/h2-7,9,14,18H,8,16H2,1H3. The number of anilines is 1. The molecule has 0 aliphatic heterocycles. The lowest BCUT2D eigenvalue weighted by atomic mass is 10.1. The van der Waals surface area contributed by atoms with Crippen molar-refractivity contribution in [1.29, 1.82) is 0 Å². The highest BCUT2D eigenvalue weighted by molar-refractivity contribution is 5.46. The first-order chi connectivity index (χ1) is 8.70. The van der Waals surface area contributed by atoms with Gasteiger partial charge in [0, 0.05) is 18.4 Å². The van der Waals surface area contributed by atoms with Crippen LogP contribution in [0.15, 0.2) is 42.6 Å². The van der Waals surface area contributed by atoms with Crippen LogP contribution in [-0.4, -0.2) is 11.5 Å². The average molecular weight is 245 g/mol. The highest BCUT2D eigenvalue weighted by Gasteiger charge is 2.11. The van der Waals surface area contributed by atoms with Gasteiger partial charge in [-0.2, -0.15) is 0 Å². The Labute approximate surface area is 106 Å². The third-order valence-electron chi connectivity index (χ3n) is 2.78. The smallest absolute Gasteiger partial charge is 0.146 e. The van der Waals surface area contributed by atoms with Crippen molar-refractivity contribution in [2.75, 3.05) is 11.9 Å². The monoisotopic (exact) mass is 245 g/mol. The molecular formula is C14H16FN3. The summed E-state index contributed by atoms with van der Waals surface area (Å²) in [6.45, 7) is 2.30. The Balaban J connectivity index is 2.20. The van der Waals surface area contributed by atoms with Gasteiger partial charge in [0.25, 0.3) is 0 Å². The maximum absolute atomic E-state index is 13.5. The lowest BCUT2D eigenvalue weighted by Crippen LogP contribution is -2.21. The predicted octanol–water partition coefficient (Wildman–Crippen LogP) is 2.64. The van der Waals surface area contributed by atoms with Gasteiger partial charge in [-0.1, -0.05) is 18.2 Å². The minimum Gasteiger partial charge on any atom is -0.375 e. The lowest BCUT2D eigenvalue weighted by molar-refractivity contribution is 0.625. The Bertz CT molecular complexity index is 511. The summed E-state index contributed by atoms with van der Waals surface area (Å²) >= 11 is 0. The molecule has 0 bridgehead atoms. The van der Waals surface area contributed by atoms with Crippen LogP contribution in [0.25, 0.3) is 0 Å². The lowest BCUT2D eigenvalue weighted by Gasteiger charge is -2.18. The molecule has 0 saturated carbocycles. The normalized spacial score (nSPS) is 12.2. The van der Waals surface area contributed by atoms with E-state index >= 15 is 0 Å². The number of nitrogens with zero attached hydrogens (tertiary/aromatic N) is 1. The quantitative estimate of drug-likeness (QED) is 0.870. The van der Waals surface area contributed by atoms with Crippen LogP contribution in [0.1, 0.15) is 17.3 Å². The molecule has 1 atom stereocenters. The molecule has 2 aromatic rings. The number of aryl methyl sites for hydroxylation is 1. The second-order valence-electron chi connectivity index (χ2n) is 4.15. The topological polar surface area (TPSA) is 50.9 Å². The molecule has 0 spiro atoms. The van der Waals surface area contributed by atoms with Gasteiger partial charge in [0.2, 0.25) is 0 Å². The van der Waals surface area contributed by atoms with Gasteiger partial charge in [-0.05, 0) is 30.7 Å². The zero-order valence-electron chi connectivity index (χ0n) is 10.2. The van der Waals surface area contributed by atoms with E-state index in [0.29, 0.717) is 12.2 Å². The van der Waals surface area contributed by atoms with Crippen LogP contribution in [0.4, 0.5) is 10.1 Å². The zero-order valence-corrected chi connectivity index (χ0v) is 10.2. The summed E-state index contributed by atoms with van der Waals surface area (Å²) in [5.41, 5.74) is 8.08. The van der Waals surface area contributed by atoms with Crippen LogP contribution < -0.4 is 11.1 Å². The average Bonchev–Trinajstić information content (AvgIpc) is 2.39. The van der Waals surface area contributed by atoms with Crippen LogP contribution in [-0.2, 0) is 0 Å². The number of para-hydroxylation sites is 1. The molecule has 1 unspecified atom stereocenters. The van der Waals surface area contributed by atoms with Crippen molar-refractivity contribution in [3.8, 4) is 0 Å². The van der Waals surface area contributed by atoms with E-state index < -0.39 is 0 Å². The van der Waals surface area contributed by atoms with Crippen molar-refractivity contribution in [1.82, 2.24) is 4.98 Å². The van der Waals surface area contributed by atoms with Crippen LogP contribution in [0, 0.1) is 12.7 Å². The highest BCUT2D eigenvalue weighted by atomic mass is 19.1. The summed E-state index contributed by atoms with van der Waals surface area (Å²) in [5.74, 6) is -0.281. The molecular weight excluding hydrogens is 229 g/mol. The predicted molar refractivity (Wildman–Crippen MR) is 70.8 cm³/mol. The zero-order chi connectivity index (χ0) is 13.0. The minimum absolute atomic E-state index is 0.144. The number of nitrogens with one attached hydrogen (secondary N) is 1. The SMILES string of the molecule is Cc1ccc(C(CN)Nc2ccccc2F)cn1. The fourth-order valence-electron chi connectivity index (χ4n) is 1.73. The maximum atomic E-state index is 13.5. The Morgan fingerprint density at radius 3 is 2.67 bits per heavy atom. The van der Waals surface area contributed by atoms with E-state index in [9.17, 15) is 4.39 Å². The Kier molecular flexibility index (Phi) is 3.89. The van der Waals surface area contributed by atoms with Crippen molar-refractivity contribution in [2.45, 2.75) is 13.0 Å². The highest BCUT2D eigenvalue weighted by Crippen LogP contribution is 2.20. The molecule has 0 fully saturated rings. The fraction of sp³-hybridized carbons (Fsp3) is 0.214. The number of benzene rings is 1. The molecule has 3 N–H and O–H groups in total. The van der Waals surface area contributed by atoms with Crippen molar-refractivity contribution < 1.29 is 4.39 Å². The number of halogens is 1. The third-order valence-corrected chi connectivity index (χ3v) is 2.78. The van der Waals surface area contributed by atoms with Crippen molar-refractivity contribution in [2.24, 2.45) is 5.73 Å². The Hall–Kier alpha value is -1.94. The number of nitrogens with two attached hydrogens (primary N) is 1. The molecule has 1 heterocycles. The maximum Gasteiger partial charge on any atom is 0.146 e. The molecule has 18 heavy (non-hydrogen) atoms. The Morgan fingerprint density at radius 2 is 2.06 bits per heavy atom. The van der Waals surface area contributed by atoms with Crippen LogP contribution in [0.2, 0.25) is 0 Å². The molecule has 2 rings (SSSR count). The van der Waals surface area contributed by atoms with E-state index in [1.54, 1.807) is 24.4 Å². The van der Waals surface area contributed by atoms with Gasteiger partial charge in [0.05, 0.1) is 11.7 Å². The van der Waals surface area contributed by atoms with E-state index in [-0.39, 0.29) is 11.9 Å². The molecule has 4 heteroatoms. The number of aromatic nitrogens is 1. The number of hydrogen-bond acceptors (Lipinski definition) is 3. The largest absolute Gasteiger partial charge is 0.375 e. The third kappa shape index (κ3) is 2.84. The van der Waals surface area contributed by atoms with Gasteiger partial charge in [-0.15, -0.1) is 0 Å². The second kappa shape index (κ2) is 5.60. The number of hydrogen-bond donors (Lipinski definition) is 2. The van der Waals surface area contributed by atoms with Crippen molar-refractivity contribution in [3.63, 3.8) is 0 Å². The summed E-state index contributed by atoms with van der Waals surface area (Å²) in [5, 5.41) is 3.09. The van der Waals surface area contributed by atoms with Crippen molar-refractivity contribution in [3.05, 3.63) is 59.7 Å². The molecule has 0 amide bonds. The van der Waals surface area contributed by atoms with Crippen molar-refractivity contribution >= 4 is 5.69 Å². The van der Waals surface area contributed by atoms with Gasteiger partial charge in [-0.3, -0.25) is 4.98 Å². The first-order valence-corrected chi connectivity index (χ1v) is 5.84. The first-order valence-electron chi connectivity index (χ1n) is 5.84. The summed E-state index contributed by atoms with van der Waals surface area (Å²) in [4.78, 5) is 4.22. The van der Waals surface area contributed by atoms with E-state index in [2.05, 4.69) is 10.3 Å². The molecule has 3 nitrogen and oxygen atoms in total. The minimum atomic E-state index is -0.281. The van der Waals surface area contributed by atoms with E-state index in [1.807, 2.05) is 19.1 Å². The summed E-state index contributed by atoms with van der Waals surface area (Å²) in [6.07, 6.45) is 1.76. The molecule has 0 saturated heterocycles. The molecule has 0 aliphatic carbocycles. The van der Waals surface area contributed by atoms with Gasteiger partial charge in [-0.25, -0.2) is 4.39 Å². The molecule has 1 aromatic heterocycles. The van der Waals surface area contributed by atoms with E-state index in [4.69, 9.17) is 5.73 Å². The number of rotatable bonds is 4. The summed E-state index contributed by atoms with van der Waals surface area (Å²) in [7, 11) is 0. The van der Waals surface area contributed by atoms with Crippen LogP contribution in [0.5, 0.6) is 0 Å². The van der Waals surface area contributed by atoms with Crippen LogP contribution >= 0.6 is 0 Å². The molecule has 94 valence electrons. The van der Waals surface area contributed by atoms with E-state index in [1.165, 1.54) is 6.07 Å². The fourth-order valence-corrected chi connectivity index (χ4v) is 1.73. The van der Waals surface area contributed by atoms with E-state index in [0.717, 1.165) is 11.3 Å². The molecule has 1 aromatic carbocycles. The van der Waals surface area contributed by atoms with Gasteiger partial charge in [0.1, 0.15) is 5.82 Å². The summed E-state index contributed by atoms with van der Waals surface area (Å²) < 4.78 is 13.5. The number of pyridine rings is 1. The van der Waals surface area contributed by atoms with Gasteiger partial charge >= 0.3 is 0 Å². The molecule has 0 radical (unpaired) electrons.